The summed E-state index contributed by atoms with van der Waals surface area (Å²) in [6.45, 7) is 4.32. The average Bonchev–Trinajstić information content (AvgIpc) is 3.05. The number of hydrogen-bond acceptors (Lipinski definition) is 3. The number of hydrogen-bond donors (Lipinski definition) is 1. The Hall–Kier alpha value is -1.22. The SMILES string of the molecule is COc1ccc(CNCC2CC2C)cc1OC. The molecule has 1 aliphatic rings. The first-order valence-corrected chi connectivity index (χ1v) is 6.16. The number of rotatable bonds is 6. The second kappa shape index (κ2) is 5.41. The van der Waals surface area contributed by atoms with Gasteiger partial charge in [0, 0.05) is 6.54 Å². The van der Waals surface area contributed by atoms with Crippen molar-refractivity contribution in [3.63, 3.8) is 0 Å². The quantitative estimate of drug-likeness (QED) is 0.821. The maximum atomic E-state index is 5.28. The third kappa shape index (κ3) is 3.13. The molecule has 2 atom stereocenters. The van der Waals surface area contributed by atoms with Gasteiger partial charge >= 0.3 is 0 Å². The van der Waals surface area contributed by atoms with Crippen molar-refractivity contribution < 1.29 is 9.47 Å². The second-order valence-corrected chi connectivity index (χ2v) is 4.79. The summed E-state index contributed by atoms with van der Waals surface area (Å²) in [6.07, 6.45) is 1.37. The number of nitrogens with one attached hydrogen (secondary N) is 1. The van der Waals surface area contributed by atoms with Gasteiger partial charge in [0.1, 0.15) is 0 Å². The summed E-state index contributed by atoms with van der Waals surface area (Å²) in [7, 11) is 3.32. The lowest BCUT2D eigenvalue weighted by Gasteiger charge is -2.10. The normalized spacial score (nSPS) is 22.3. The first-order chi connectivity index (χ1) is 8.24. The summed E-state index contributed by atoms with van der Waals surface area (Å²) in [4.78, 5) is 0. The van der Waals surface area contributed by atoms with E-state index in [0.29, 0.717) is 0 Å². The molecule has 2 rings (SSSR count). The van der Waals surface area contributed by atoms with Crippen LogP contribution >= 0.6 is 0 Å². The van der Waals surface area contributed by atoms with Crippen LogP contribution in [0.2, 0.25) is 0 Å². The van der Waals surface area contributed by atoms with Crippen molar-refractivity contribution in [1.82, 2.24) is 5.32 Å². The molecule has 1 aliphatic carbocycles. The summed E-state index contributed by atoms with van der Waals surface area (Å²) in [5.74, 6) is 3.38. The fourth-order valence-corrected chi connectivity index (χ4v) is 2.08. The van der Waals surface area contributed by atoms with Gasteiger partial charge in [0.15, 0.2) is 11.5 Å². The Morgan fingerprint density at radius 2 is 1.94 bits per heavy atom. The molecule has 0 heterocycles. The average molecular weight is 235 g/mol. The van der Waals surface area contributed by atoms with Gasteiger partial charge < -0.3 is 14.8 Å². The van der Waals surface area contributed by atoms with E-state index in [1.165, 1.54) is 12.0 Å². The van der Waals surface area contributed by atoms with E-state index in [0.717, 1.165) is 36.4 Å². The first-order valence-electron chi connectivity index (χ1n) is 6.16. The summed E-state index contributed by atoms with van der Waals surface area (Å²) in [6, 6.07) is 6.06. The van der Waals surface area contributed by atoms with Crippen LogP contribution in [0, 0.1) is 11.8 Å². The van der Waals surface area contributed by atoms with Crippen molar-refractivity contribution in [2.75, 3.05) is 20.8 Å². The van der Waals surface area contributed by atoms with Crippen molar-refractivity contribution in [1.29, 1.82) is 0 Å². The summed E-state index contributed by atoms with van der Waals surface area (Å²) >= 11 is 0. The first kappa shape index (κ1) is 12.2. The molecule has 94 valence electrons. The standard InChI is InChI=1S/C14H21NO2/c1-10-6-12(10)9-15-8-11-4-5-13(16-2)14(7-11)17-3/h4-5,7,10,12,15H,6,8-9H2,1-3H3. The lowest BCUT2D eigenvalue weighted by molar-refractivity contribution is 0.354. The van der Waals surface area contributed by atoms with Crippen LogP contribution in [0.25, 0.3) is 0 Å². The highest BCUT2D eigenvalue weighted by Gasteiger charge is 2.31. The Kier molecular flexibility index (Phi) is 3.89. The van der Waals surface area contributed by atoms with Gasteiger partial charge in [-0.1, -0.05) is 13.0 Å². The van der Waals surface area contributed by atoms with E-state index in [1.54, 1.807) is 14.2 Å². The molecule has 0 saturated heterocycles. The van der Waals surface area contributed by atoms with Gasteiger partial charge in [0.25, 0.3) is 0 Å². The van der Waals surface area contributed by atoms with Crippen molar-refractivity contribution >= 4 is 0 Å². The van der Waals surface area contributed by atoms with Crippen molar-refractivity contribution in [3.8, 4) is 11.5 Å². The topological polar surface area (TPSA) is 30.5 Å². The van der Waals surface area contributed by atoms with E-state index >= 15 is 0 Å². The molecule has 1 saturated carbocycles. The minimum Gasteiger partial charge on any atom is -0.493 e. The third-order valence-corrected chi connectivity index (χ3v) is 3.46. The molecule has 0 aliphatic heterocycles. The molecule has 0 amide bonds. The smallest absolute Gasteiger partial charge is 0.161 e. The van der Waals surface area contributed by atoms with E-state index < -0.39 is 0 Å². The van der Waals surface area contributed by atoms with E-state index in [9.17, 15) is 0 Å². The highest BCUT2D eigenvalue weighted by Crippen LogP contribution is 2.36. The third-order valence-electron chi connectivity index (χ3n) is 3.46. The van der Waals surface area contributed by atoms with Gasteiger partial charge in [-0.05, 0) is 42.5 Å². The van der Waals surface area contributed by atoms with Crippen molar-refractivity contribution in [2.45, 2.75) is 19.9 Å². The molecule has 3 heteroatoms. The molecular formula is C14H21NO2. The van der Waals surface area contributed by atoms with Crippen LogP contribution in [-0.4, -0.2) is 20.8 Å². The predicted molar refractivity (Wildman–Crippen MR) is 68.5 cm³/mol. The molecule has 0 aromatic heterocycles. The molecule has 0 bridgehead atoms. The van der Waals surface area contributed by atoms with Crippen LogP contribution in [0.4, 0.5) is 0 Å². The summed E-state index contributed by atoms with van der Waals surface area (Å²) in [5.41, 5.74) is 1.23. The van der Waals surface area contributed by atoms with Crippen molar-refractivity contribution in [3.05, 3.63) is 23.8 Å². The van der Waals surface area contributed by atoms with Gasteiger partial charge in [-0.3, -0.25) is 0 Å². The molecule has 2 unspecified atom stereocenters. The number of ether oxygens (including phenoxy) is 2. The van der Waals surface area contributed by atoms with E-state index in [1.807, 2.05) is 12.1 Å². The van der Waals surface area contributed by atoms with Gasteiger partial charge in [0.2, 0.25) is 0 Å². The molecule has 1 N–H and O–H groups in total. The molecule has 1 aromatic rings. The Morgan fingerprint density at radius 1 is 1.24 bits per heavy atom. The lowest BCUT2D eigenvalue weighted by Crippen LogP contribution is -2.16. The van der Waals surface area contributed by atoms with Gasteiger partial charge in [-0.25, -0.2) is 0 Å². The molecule has 17 heavy (non-hydrogen) atoms. The van der Waals surface area contributed by atoms with Gasteiger partial charge in [-0.15, -0.1) is 0 Å². The predicted octanol–water partition coefficient (Wildman–Crippen LogP) is 2.45. The molecule has 0 radical (unpaired) electrons. The molecule has 3 nitrogen and oxygen atoms in total. The van der Waals surface area contributed by atoms with Crippen LogP contribution in [0.3, 0.4) is 0 Å². The highest BCUT2D eigenvalue weighted by atomic mass is 16.5. The number of methoxy groups -OCH3 is 2. The Bertz CT molecular complexity index is 378. The minimum atomic E-state index is 0.784. The lowest BCUT2D eigenvalue weighted by atomic mass is 10.2. The van der Waals surface area contributed by atoms with Crippen LogP contribution in [0.1, 0.15) is 18.9 Å². The van der Waals surface area contributed by atoms with Gasteiger partial charge in [-0.2, -0.15) is 0 Å². The van der Waals surface area contributed by atoms with E-state index in [4.69, 9.17) is 9.47 Å². The van der Waals surface area contributed by atoms with Gasteiger partial charge in [0.05, 0.1) is 14.2 Å². The van der Waals surface area contributed by atoms with Crippen LogP contribution in [-0.2, 0) is 6.54 Å². The Morgan fingerprint density at radius 3 is 2.53 bits per heavy atom. The molecule has 0 spiro atoms. The second-order valence-electron chi connectivity index (χ2n) is 4.79. The zero-order chi connectivity index (χ0) is 12.3. The monoisotopic (exact) mass is 235 g/mol. The highest BCUT2D eigenvalue weighted by molar-refractivity contribution is 5.42. The molecule has 1 aromatic carbocycles. The maximum Gasteiger partial charge on any atom is 0.161 e. The largest absolute Gasteiger partial charge is 0.493 e. The Labute approximate surface area is 103 Å². The fourth-order valence-electron chi connectivity index (χ4n) is 2.08. The number of benzene rings is 1. The Balaban J connectivity index is 1.87. The maximum absolute atomic E-state index is 5.28. The summed E-state index contributed by atoms with van der Waals surface area (Å²) in [5, 5.41) is 3.49. The zero-order valence-corrected chi connectivity index (χ0v) is 10.8. The molecule has 1 fully saturated rings. The van der Waals surface area contributed by atoms with Crippen molar-refractivity contribution in [2.24, 2.45) is 11.8 Å². The fraction of sp³-hybridized carbons (Fsp3) is 0.571. The minimum absolute atomic E-state index is 0.784. The van der Waals surface area contributed by atoms with Crippen LogP contribution < -0.4 is 14.8 Å². The zero-order valence-electron chi connectivity index (χ0n) is 10.8. The van der Waals surface area contributed by atoms with E-state index in [2.05, 4.69) is 18.3 Å². The van der Waals surface area contributed by atoms with E-state index in [-0.39, 0.29) is 0 Å². The summed E-state index contributed by atoms with van der Waals surface area (Å²) < 4.78 is 10.5. The van der Waals surface area contributed by atoms with Crippen LogP contribution in [0.5, 0.6) is 11.5 Å². The molecular weight excluding hydrogens is 214 g/mol. The van der Waals surface area contributed by atoms with Crippen LogP contribution in [0.15, 0.2) is 18.2 Å².